The van der Waals surface area contributed by atoms with Crippen molar-refractivity contribution in [2.75, 3.05) is 6.61 Å². The van der Waals surface area contributed by atoms with Crippen molar-refractivity contribution in [2.45, 2.75) is 63.9 Å². The highest BCUT2D eigenvalue weighted by Crippen LogP contribution is 2.34. The molecule has 2 rings (SSSR count). The van der Waals surface area contributed by atoms with E-state index < -0.39 is 5.79 Å². The van der Waals surface area contributed by atoms with Gasteiger partial charge in [-0.3, -0.25) is 0 Å². The van der Waals surface area contributed by atoms with Gasteiger partial charge >= 0.3 is 0 Å². The summed E-state index contributed by atoms with van der Waals surface area (Å²) in [5.74, 6) is 0.203. The lowest BCUT2D eigenvalue weighted by Gasteiger charge is -2.44. The van der Waals surface area contributed by atoms with E-state index in [2.05, 4.69) is 0 Å². The predicted molar refractivity (Wildman–Crippen MR) is 59.5 cm³/mol. The van der Waals surface area contributed by atoms with E-state index in [0.29, 0.717) is 12.5 Å². The standard InChI is InChI=1S/C12H23NO2/c1-12(2)14-8-10(13)11(15-12)9-6-4-3-5-7-9/h9-11H,3-8,13H2,1-2H3/t10-,11-/m0/s1. The van der Waals surface area contributed by atoms with Crippen LogP contribution >= 0.6 is 0 Å². The van der Waals surface area contributed by atoms with Crippen molar-refractivity contribution < 1.29 is 9.47 Å². The summed E-state index contributed by atoms with van der Waals surface area (Å²) in [4.78, 5) is 0. The lowest BCUT2D eigenvalue weighted by atomic mass is 9.82. The Balaban J connectivity index is 1.98. The van der Waals surface area contributed by atoms with Gasteiger partial charge in [0.1, 0.15) is 0 Å². The summed E-state index contributed by atoms with van der Waals surface area (Å²) >= 11 is 0. The maximum absolute atomic E-state index is 6.08. The van der Waals surface area contributed by atoms with Crippen LogP contribution in [-0.2, 0) is 9.47 Å². The van der Waals surface area contributed by atoms with Gasteiger partial charge < -0.3 is 15.2 Å². The molecule has 15 heavy (non-hydrogen) atoms. The average Bonchev–Trinajstić information content (AvgIpc) is 2.23. The molecule has 0 aromatic carbocycles. The van der Waals surface area contributed by atoms with Gasteiger partial charge in [-0.1, -0.05) is 19.3 Å². The molecule has 2 atom stereocenters. The highest BCUT2D eigenvalue weighted by Gasteiger charge is 2.39. The van der Waals surface area contributed by atoms with Crippen molar-refractivity contribution in [3.05, 3.63) is 0 Å². The Morgan fingerprint density at radius 3 is 2.47 bits per heavy atom. The summed E-state index contributed by atoms with van der Waals surface area (Å²) in [5, 5.41) is 0. The fourth-order valence-electron chi connectivity index (χ4n) is 2.75. The summed E-state index contributed by atoms with van der Waals surface area (Å²) in [6.07, 6.45) is 6.78. The first-order chi connectivity index (χ1) is 7.08. The number of ether oxygens (including phenoxy) is 2. The van der Waals surface area contributed by atoms with E-state index in [1.54, 1.807) is 0 Å². The monoisotopic (exact) mass is 213 g/mol. The molecule has 3 heteroatoms. The van der Waals surface area contributed by atoms with Gasteiger partial charge in [-0.05, 0) is 32.6 Å². The minimum absolute atomic E-state index is 0.0566. The normalized spacial score (nSPS) is 37.8. The molecule has 2 fully saturated rings. The quantitative estimate of drug-likeness (QED) is 0.725. The molecule has 0 aromatic rings. The molecule has 2 N–H and O–H groups in total. The van der Waals surface area contributed by atoms with Crippen molar-refractivity contribution in [3.63, 3.8) is 0 Å². The van der Waals surface area contributed by atoms with Crippen LogP contribution in [0.3, 0.4) is 0 Å². The molecular weight excluding hydrogens is 190 g/mol. The van der Waals surface area contributed by atoms with Crippen LogP contribution in [0.5, 0.6) is 0 Å². The molecule has 0 radical (unpaired) electrons. The number of rotatable bonds is 1. The molecule has 0 bridgehead atoms. The molecule has 1 heterocycles. The molecule has 1 aliphatic carbocycles. The van der Waals surface area contributed by atoms with Crippen LogP contribution in [0, 0.1) is 5.92 Å². The number of hydrogen-bond acceptors (Lipinski definition) is 3. The van der Waals surface area contributed by atoms with E-state index in [9.17, 15) is 0 Å². The third-order valence-corrected chi connectivity index (χ3v) is 3.58. The average molecular weight is 213 g/mol. The highest BCUT2D eigenvalue weighted by atomic mass is 16.7. The molecule has 1 aliphatic heterocycles. The summed E-state index contributed by atoms with van der Waals surface area (Å²) in [7, 11) is 0. The number of nitrogens with two attached hydrogens (primary N) is 1. The van der Waals surface area contributed by atoms with Crippen LogP contribution in [0.4, 0.5) is 0 Å². The second kappa shape index (κ2) is 4.40. The fourth-order valence-corrected chi connectivity index (χ4v) is 2.75. The Morgan fingerprint density at radius 2 is 1.80 bits per heavy atom. The first-order valence-corrected chi connectivity index (χ1v) is 6.16. The lowest BCUT2D eigenvalue weighted by molar-refractivity contribution is -0.290. The van der Waals surface area contributed by atoms with Gasteiger partial charge in [-0.15, -0.1) is 0 Å². The molecule has 1 saturated carbocycles. The Hall–Kier alpha value is -0.120. The second-order valence-corrected chi connectivity index (χ2v) is 5.36. The topological polar surface area (TPSA) is 44.5 Å². The van der Waals surface area contributed by atoms with Crippen molar-refractivity contribution in [2.24, 2.45) is 11.7 Å². The summed E-state index contributed by atoms with van der Waals surface area (Å²) < 4.78 is 11.5. The van der Waals surface area contributed by atoms with Crippen LogP contribution in [0.25, 0.3) is 0 Å². The molecular formula is C12H23NO2. The van der Waals surface area contributed by atoms with Crippen LogP contribution in [0.1, 0.15) is 46.0 Å². The minimum Gasteiger partial charge on any atom is -0.349 e. The first-order valence-electron chi connectivity index (χ1n) is 6.16. The van der Waals surface area contributed by atoms with Gasteiger partial charge in [0.15, 0.2) is 5.79 Å². The van der Waals surface area contributed by atoms with Gasteiger partial charge in [0.25, 0.3) is 0 Å². The second-order valence-electron chi connectivity index (χ2n) is 5.36. The van der Waals surface area contributed by atoms with Gasteiger partial charge in [0, 0.05) is 0 Å². The molecule has 88 valence electrons. The predicted octanol–water partition coefficient (Wildman–Crippen LogP) is 2.05. The van der Waals surface area contributed by atoms with Gasteiger partial charge in [-0.25, -0.2) is 0 Å². The SMILES string of the molecule is CC1(C)OC[C@H](N)[C@H](C2CCCCC2)O1. The molecule has 0 spiro atoms. The van der Waals surface area contributed by atoms with E-state index in [0.717, 1.165) is 0 Å². The first kappa shape index (κ1) is 11.4. The van der Waals surface area contributed by atoms with E-state index in [1.807, 2.05) is 13.8 Å². The molecule has 0 unspecified atom stereocenters. The van der Waals surface area contributed by atoms with Crippen molar-refractivity contribution in [1.82, 2.24) is 0 Å². The summed E-state index contributed by atoms with van der Waals surface area (Å²) in [5.41, 5.74) is 6.08. The van der Waals surface area contributed by atoms with Gasteiger partial charge in [0.05, 0.1) is 18.8 Å². The van der Waals surface area contributed by atoms with Crippen LogP contribution in [0.2, 0.25) is 0 Å². The van der Waals surface area contributed by atoms with Crippen LogP contribution in [0.15, 0.2) is 0 Å². The Bertz CT molecular complexity index is 212. The molecule has 2 aliphatic rings. The third kappa shape index (κ3) is 2.71. The third-order valence-electron chi connectivity index (χ3n) is 3.58. The number of hydrogen-bond donors (Lipinski definition) is 1. The van der Waals surface area contributed by atoms with E-state index in [4.69, 9.17) is 15.2 Å². The fraction of sp³-hybridized carbons (Fsp3) is 1.00. The highest BCUT2D eigenvalue weighted by molar-refractivity contribution is 4.86. The zero-order valence-corrected chi connectivity index (χ0v) is 9.87. The maximum atomic E-state index is 6.08. The Morgan fingerprint density at radius 1 is 1.13 bits per heavy atom. The molecule has 0 amide bonds. The van der Waals surface area contributed by atoms with Crippen molar-refractivity contribution >= 4 is 0 Å². The van der Waals surface area contributed by atoms with Gasteiger partial charge in [0.2, 0.25) is 0 Å². The molecule has 0 aromatic heterocycles. The van der Waals surface area contributed by atoms with E-state index in [-0.39, 0.29) is 12.1 Å². The van der Waals surface area contributed by atoms with E-state index >= 15 is 0 Å². The summed E-state index contributed by atoms with van der Waals surface area (Å²) in [6.45, 7) is 4.59. The Kier molecular flexibility index (Phi) is 3.33. The van der Waals surface area contributed by atoms with Gasteiger partial charge in [-0.2, -0.15) is 0 Å². The summed E-state index contributed by atoms with van der Waals surface area (Å²) in [6, 6.07) is 0.0566. The molecule has 1 saturated heterocycles. The van der Waals surface area contributed by atoms with Crippen molar-refractivity contribution in [3.8, 4) is 0 Å². The Labute approximate surface area is 92.3 Å². The largest absolute Gasteiger partial charge is 0.349 e. The lowest BCUT2D eigenvalue weighted by Crippen LogP contribution is -2.55. The zero-order chi connectivity index (χ0) is 10.9. The zero-order valence-electron chi connectivity index (χ0n) is 9.87. The van der Waals surface area contributed by atoms with Crippen molar-refractivity contribution in [1.29, 1.82) is 0 Å². The smallest absolute Gasteiger partial charge is 0.163 e. The van der Waals surface area contributed by atoms with E-state index in [1.165, 1.54) is 32.1 Å². The van der Waals surface area contributed by atoms with Crippen LogP contribution in [-0.4, -0.2) is 24.5 Å². The maximum Gasteiger partial charge on any atom is 0.163 e. The molecule has 3 nitrogen and oxygen atoms in total. The van der Waals surface area contributed by atoms with Crippen LogP contribution < -0.4 is 5.73 Å². The minimum atomic E-state index is -0.446.